The molecular formula is C13H18ClN2O+. The number of nitroso groups, excluding NO2 is 1. The van der Waals surface area contributed by atoms with Crippen molar-refractivity contribution in [2.24, 2.45) is 5.18 Å². The molecule has 1 saturated heterocycles. The smallest absolute Gasteiger partial charge is 0.186 e. The standard InChI is InChI=1S/C13H18ClN2O/c1-16(11-12-5-3-2-4-6-12)9-7-13(14,15-17)8-10-16/h2-6H,7-11H2,1H3/q+1. The molecule has 1 heterocycles. The van der Waals surface area contributed by atoms with Gasteiger partial charge in [0.15, 0.2) is 5.00 Å². The summed E-state index contributed by atoms with van der Waals surface area (Å²) in [6.45, 7) is 2.81. The molecule has 0 bridgehead atoms. The molecular weight excluding hydrogens is 236 g/mol. The summed E-state index contributed by atoms with van der Waals surface area (Å²) >= 11 is 6.10. The number of benzene rings is 1. The molecule has 0 atom stereocenters. The highest BCUT2D eigenvalue weighted by atomic mass is 35.5. The highest BCUT2D eigenvalue weighted by Crippen LogP contribution is 2.33. The van der Waals surface area contributed by atoms with Crippen molar-refractivity contribution in [2.45, 2.75) is 24.4 Å². The van der Waals surface area contributed by atoms with Gasteiger partial charge in [-0.15, -0.1) is 4.91 Å². The second-order valence-corrected chi connectivity index (χ2v) is 5.92. The number of rotatable bonds is 3. The van der Waals surface area contributed by atoms with E-state index in [2.05, 4.69) is 36.5 Å². The minimum absolute atomic E-state index is 0.668. The molecule has 2 rings (SSSR count). The number of piperidine rings is 1. The fraction of sp³-hybridized carbons (Fsp3) is 0.538. The molecule has 0 radical (unpaired) electrons. The van der Waals surface area contributed by atoms with Crippen LogP contribution in [0, 0.1) is 4.91 Å². The number of alkyl halides is 1. The predicted molar refractivity (Wildman–Crippen MR) is 69.7 cm³/mol. The maximum Gasteiger partial charge on any atom is 0.186 e. The number of quaternary nitrogens is 1. The SMILES string of the molecule is C[N+]1(Cc2ccccc2)CCC(Cl)(N=O)CC1. The highest BCUT2D eigenvalue weighted by Gasteiger charge is 2.40. The zero-order valence-corrected chi connectivity index (χ0v) is 10.9. The van der Waals surface area contributed by atoms with Crippen LogP contribution in [0.5, 0.6) is 0 Å². The summed E-state index contributed by atoms with van der Waals surface area (Å²) in [7, 11) is 2.22. The van der Waals surface area contributed by atoms with Gasteiger partial charge in [-0.1, -0.05) is 41.9 Å². The summed E-state index contributed by atoms with van der Waals surface area (Å²) in [4.78, 5) is 9.81. The zero-order chi connectivity index (χ0) is 12.4. The Hall–Kier alpha value is -0.930. The lowest BCUT2D eigenvalue weighted by Gasteiger charge is -2.41. The van der Waals surface area contributed by atoms with Gasteiger partial charge in [0.1, 0.15) is 6.54 Å². The molecule has 1 aromatic rings. The third kappa shape index (κ3) is 3.05. The molecule has 1 aliphatic rings. The number of likely N-dealkylation sites (tertiary alicyclic amines) is 1. The van der Waals surface area contributed by atoms with Crippen LogP contribution in [0.15, 0.2) is 35.5 Å². The van der Waals surface area contributed by atoms with Crippen molar-refractivity contribution in [1.82, 2.24) is 0 Å². The molecule has 0 aromatic heterocycles. The Bertz CT molecular complexity index is 386. The van der Waals surface area contributed by atoms with Gasteiger partial charge in [0.05, 0.1) is 20.1 Å². The third-order valence-electron chi connectivity index (χ3n) is 3.64. The molecule has 0 unspecified atom stereocenters. The number of hydrogen-bond donors (Lipinski definition) is 0. The molecule has 3 nitrogen and oxygen atoms in total. The van der Waals surface area contributed by atoms with E-state index in [9.17, 15) is 4.91 Å². The first kappa shape index (κ1) is 12.5. The van der Waals surface area contributed by atoms with Crippen LogP contribution in [-0.2, 0) is 6.54 Å². The fourth-order valence-corrected chi connectivity index (χ4v) is 2.56. The minimum atomic E-state index is -0.853. The van der Waals surface area contributed by atoms with Gasteiger partial charge in [0, 0.05) is 18.4 Å². The Kier molecular flexibility index (Phi) is 3.50. The molecule has 4 heteroatoms. The predicted octanol–water partition coefficient (Wildman–Crippen LogP) is 3.13. The monoisotopic (exact) mass is 253 g/mol. The summed E-state index contributed by atoms with van der Waals surface area (Å²) in [6.07, 6.45) is 1.34. The van der Waals surface area contributed by atoms with Crippen molar-refractivity contribution in [3.05, 3.63) is 40.8 Å². The van der Waals surface area contributed by atoms with E-state index in [0.717, 1.165) is 24.1 Å². The molecule has 17 heavy (non-hydrogen) atoms. The molecule has 0 aliphatic carbocycles. The second-order valence-electron chi connectivity index (χ2n) is 5.22. The van der Waals surface area contributed by atoms with Crippen LogP contribution in [0.2, 0.25) is 0 Å². The van der Waals surface area contributed by atoms with E-state index < -0.39 is 5.00 Å². The van der Waals surface area contributed by atoms with E-state index >= 15 is 0 Å². The number of nitrogens with zero attached hydrogens (tertiary/aromatic N) is 2. The molecule has 1 fully saturated rings. The Balaban J connectivity index is 2.01. The van der Waals surface area contributed by atoms with Crippen molar-refractivity contribution in [1.29, 1.82) is 0 Å². The van der Waals surface area contributed by atoms with Crippen molar-refractivity contribution in [3.63, 3.8) is 0 Å². The largest absolute Gasteiger partial charge is 0.322 e. The Morgan fingerprint density at radius 3 is 2.41 bits per heavy atom. The van der Waals surface area contributed by atoms with E-state index in [-0.39, 0.29) is 0 Å². The van der Waals surface area contributed by atoms with Gasteiger partial charge in [0.2, 0.25) is 0 Å². The first-order valence-corrected chi connectivity index (χ1v) is 6.34. The van der Waals surface area contributed by atoms with Crippen LogP contribution in [0.4, 0.5) is 0 Å². The number of hydrogen-bond acceptors (Lipinski definition) is 2. The lowest BCUT2D eigenvalue weighted by Crippen LogP contribution is -2.52. The van der Waals surface area contributed by atoms with E-state index in [1.165, 1.54) is 5.56 Å². The van der Waals surface area contributed by atoms with Gasteiger partial charge in [-0.2, -0.15) is 0 Å². The van der Waals surface area contributed by atoms with Crippen molar-refractivity contribution in [2.75, 3.05) is 20.1 Å². The van der Waals surface area contributed by atoms with Gasteiger partial charge in [0.25, 0.3) is 0 Å². The van der Waals surface area contributed by atoms with Crippen LogP contribution in [-0.4, -0.2) is 29.6 Å². The lowest BCUT2D eigenvalue weighted by molar-refractivity contribution is -0.927. The van der Waals surface area contributed by atoms with Crippen LogP contribution < -0.4 is 0 Å². The quantitative estimate of drug-likeness (QED) is 0.352. The Labute approximate surface area is 107 Å². The summed E-state index contributed by atoms with van der Waals surface area (Å²) < 4.78 is 0.938. The van der Waals surface area contributed by atoms with Crippen molar-refractivity contribution < 1.29 is 4.48 Å². The van der Waals surface area contributed by atoms with Crippen LogP contribution in [0.25, 0.3) is 0 Å². The Morgan fingerprint density at radius 2 is 1.88 bits per heavy atom. The molecule has 1 aromatic carbocycles. The average Bonchev–Trinajstić information content (AvgIpc) is 2.35. The molecule has 0 N–H and O–H groups in total. The number of halogens is 1. The van der Waals surface area contributed by atoms with Gasteiger partial charge in [-0.3, -0.25) is 0 Å². The molecule has 92 valence electrons. The van der Waals surface area contributed by atoms with Gasteiger partial charge >= 0.3 is 0 Å². The second kappa shape index (κ2) is 4.75. The first-order chi connectivity index (χ1) is 8.05. The first-order valence-electron chi connectivity index (χ1n) is 5.96. The third-order valence-corrected chi connectivity index (χ3v) is 4.09. The molecule has 1 aliphatic heterocycles. The highest BCUT2D eigenvalue weighted by molar-refractivity contribution is 6.23. The summed E-state index contributed by atoms with van der Waals surface area (Å²) in [5.74, 6) is 0. The minimum Gasteiger partial charge on any atom is -0.322 e. The van der Waals surface area contributed by atoms with Crippen LogP contribution in [0.3, 0.4) is 0 Å². The van der Waals surface area contributed by atoms with Crippen LogP contribution in [0.1, 0.15) is 18.4 Å². The average molecular weight is 254 g/mol. The fourth-order valence-electron chi connectivity index (χ4n) is 2.39. The van der Waals surface area contributed by atoms with Crippen molar-refractivity contribution in [3.8, 4) is 0 Å². The molecule has 0 saturated carbocycles. The van der Waals surface area contributed by atoms with Gasteiger partial charge in [-0.25, -0.2) is 0 Å². The maximum atomic E-state index is 10.7. The maximum absolute atomic E-state index is 10.7. The summed E-state index contributed by atoms with van der Waals surface area (Å²) in [5.41, 5.74) is 1.33. The van der Waals surface area contributed by atoms with Crippen molar-refractivity contribution >= 4 is 11.6 Å². The lowest BCUT2D eigenvalue weighted by atomic mass is 10.0. The van der Waals surface area contributed by atoms with E-state index in [1.807, 2.05) is 6.07 Å². The summed E-state index contributed by atoms with van der Waals surface area (Å²) in [5, 5.41) is 3.06. The van der Waals surface area contributed by atoms with Crippen LogP contribution >= 0.6 is 11.6 Å². The zero-order valence-electron chi connectivity index (χ0n) is 10.1. The normalized spacial score (nSPS) is 33.3. The molecule has 0 spiro atoms. The summed E-state index contributed by atoms with van der Waals surface area (Å²) in [6, 6.07) is 10.4. The Morgan fingerprint density at radius 1 is 1.29 bits per heavy atom. The van der Waals surface area contributed by atoms with E-state index in [1.54, 1.807) is 0 Å². The van der Waals surface area contributed by atoms with Gasteiger partial charge in [-0.05, 0) is 5.18 Å². The topological polar surface area (TPSA) is 29.4 Å². The van der Waals surface area contributed by atoms with E-state index in [4.69, 9.17) is 11.6 Å². The molecule has 0 amide bonds. The van der Waals surface area contributed by atoms with Gasteiger partial charge < -0.3 is 4.48 Å². The van der Waals surface area contributed by atoms with E-state index in [0.29, 0.717) is 12.8 Å².